The SMILES string of the molecule is CN=C(NCC1CC1)NCC(OC)c1ccc(F)cc1.I. The Balaban J connectivity index is 0.00000220. The predicted molar refractivity (Wildman–Crippen MR) is 93.7 cm³/mol. The van der Waals surface area contributed by atoms with Crippen LogP contribution in [0.15, 0.2) is 29.3 Å². The first-order chi connectivity index (χ1) is 9.72. The second-order valence-corrected chi connectivity index (χ2v) is 5.05. The molecular weight excluding hydrogens is 384 g/mol. The van der Waals surface area contributed by atoms with Crippen molar-refractivity contribution in [2.75, 3.05) is 27.2 Å². The first-order valence-corrected chi connectivity index (χ1v) is 6.95. The Labute approximate surface area is 142 Å². The van der Waals surface area contributed by atoms with Crippen LogP contribution in [0.25, 0.3) is 0 Å². The average Bonchev–Trinajstić information content (AvgIpc) is 3.28. The summed E-state index contributed by atoms with van der Waals surface area (Å²) in [6.07, 6.45) is 2.48. The molecule has 0 radical (unpaired) electrons. The third kappa shape index (κ3) is 6.17. The standard InChI is InChI=1S/C15H22FN3O.HI/c1-17-15(18-9-11-3-4-11)19-10-14(20-2)12-5-7-13(16)8-6-12;/h5-8,11,14H,3-4,9-10H2,1-2H3,(H2,17,18,19);1H. The highest BCUT2D eigenvalue weighted by molar-refractivity contribution is 14.0. The highest BCUT2D eigenvalue weighted by Gasteiger charge is 2.21. The Kier molecular flexibility index (Phi) is 7.95. The van der Waals surface area contributed by atoms with Crippen molar-refractivity contribution in [3.63, 3.8) is 0 Å². The molecule has 2 rings (SSSR count). The normalized spacial score (nSPS) is 16.0. The number of hydrogen-bond donors (Lipinski definition) is 2. The Bertz CT molecular complexity index is 449. The molecule has 1 aromatic rings. The van der Waals surface area contributed by atoms with Crippen LogP contribution in [0, 0.1) is 11.7 Å². The molecule has 6 heteroatoms. The quantitative estimate of drug-likeness (QED) is 0.433. The van der Waals surface area contributed by atoms with Gasteiger partial charge in [0.25, 0.3) is 0 Å². The zero-order chi connectivity index (χ0) is 14.4. The molecule has 0 aliphatic heterocycles. The van der Waals surface area contributed by atoms with Crippen molar-refractivity contribution in [2.24, 2.45) is 10.9 Å². The molecule has 0 heterocycles. The lowest BCUT2D eigenvalue weighted by Gasteiger charge is -2.18. The summed E-state index contributed by atoms with van der Waals surface area (Å²) in [7, 11) is 3.40. The third-order valence-corrected chi connectivity index (χ3v) is 3.46. The molecule has 0 bridgehead atoms. The topological polar surface area (TPSA) is 45.7 Å². The van der Waals surface area contributed by atoms with Crippen LogP contribution in [-0.2, 0) is 4.74 Å². The van der Waals surface area contributed by atoms with E-state index in [-0.39, 0.29) is 35.9 Å². The van der Waals surface area contributed by atoms with Gasteiger partial charge >= 0.3 is 0 Å². The summed E-state index contributed by atoms with van der Waals surface area (Å²) >= 11 is 0. The van der Waals surface area contributed by atoms with Crippen molar-refractivity contribution < 1.29 is 9.13 Å². The van der Waals surface area contributed by atoms with Crippen LogP contribution in [0.1, 0.15) is 24.5 Å². The van der Waals surface area contributed by atoms with Gasteiger partial charge in [-0.3, -0.25) is 4.99 Å². The summed E-state index contributed by atoms with van der Waals surface area (Å²) in [6, 6.07) is 6.38. The van der Waals surface area contributed by atoms with Gasteiger partial charge in [0, 0.05) is 27.2 Å². The highest BCUT2D eigenvalue weighted by atomic mass is 127. The number of nitrogens with zero attached hydrogens (tertiary/aromatic N) is 1. The maximum absolute atomic E-state index is 12.9. The second-order valence-electron chi connectivity index (χ2n) is 5.05. The summed E-state index contributed by atoms with van der Waals surface area (Å²) in [5.41, 5.74) is 0.944. The van der Waals surface area contributed by atoms with Crippen LogP contribution in [0.4, 0.5) is 4.39 Å². The molecule has 118 valence electrons. The van der Waals surface area contributed by atoms with Crippen LogP contribution < -0.4 is 10.6 Å². The number of aliphatic imine (C=N–C) groups is 1. The number of rotatable bonds is 6. The molecule has 1 aliphatic carbocycles. The minimum Gasteiger partial charge on any atom is -0.375 e. The van der Waals surface area contributed by atoms with E-state index in [0.29, 0.717) is 6.54 Å². The molecule has 0 spiro atoms. The molecule has 21 heavy (non-hydrogen) atoms. The molecule has 1 atom stereocenters. The van der Waals surface area contributed by atoms with Crippen LogP contribution in [-0.4, -0.2) is 33.2 Å². The van der Waals surface area contributed by atoms with Crippen LogP contribution >= 0.6 is 24.0 Å². The van der Waals surface area contributed by atoms with Crippen molar-refractivity contribution in [3.8, 4) is 0 Å². The van der Waals surface area contributed by atoms with Crippen molar-refractivity contribution in [1.29, 1.82) is 0 Å². The first kappa shape index (κ1) is 18.2. The van der Waals surface area contributed by atoms with Crippen molar-refractivity contribution in [1.82, 2.24) is 10.6 Å². The fraction of sp³-hybridized carbons (Fsp3) is 0.533. The number of ether oxygens (including phenoxy) is 1. The smallest absolute Gasteiger partial charge is 0.191 e. The van der Waals surface area contributed by atoms with E-state index < -0.39 is 0 Å². The average molecular weight is 407 g/mol. The Morgan fingerprint density at radius 2 is 2.00 bits per heavy atom. The maximum atomic E-state index is 12.9. The van der Waals surface area contributed by atoms with Gasteiger partial charge in [-0.2, -0.15) is 0 Å². The molecule has 1 unspecified atom stereocenters. The van der Waals surface area contributed by atoms with E-state index in [1.54, 1.807) is 26.3 Å². The van der Waals surface area contributed by atoms with E-state index in [9.17, 15) is 4.39 Å². The number of hydrogen-bond acceptors (Lipinski definition) is 2. The Morgan fingerprint density at radius 3 is 2.52 bits per heavy atom. The van der Waals surface area contributed by atoms with Gasteiger partial charge in [0.1, 0.15) is 5.82 Å². The van der Waals surface area contributed by atoms with Gasteiger partial charge in [-0.15, -0.1) is 24.0 Å². The van der Waals surface area contributed by atoms with Gasteiger partial charge in [0.05, 0.1) is 6.10 Å². The fourth-order valence-electron chi connectivity index (χ4n) is 1.99. The van der Waals surface area contributed by atoms with Gasteiger partial charge in [0.2, 0.25) is 0 Å². The van der Waals surface area contributed by atoms with Gasteiger partial charge in [-0.25, -0.2) is 4.39 Å². The van der Waals surface area contributed by atoms with Gasteiger partial charge in [0.15, 0.2) is 5.96 Å². The first-order valence-electron chi connectivity index (χ1n) is 6.95. The lowest BCUT2D eigenvalue weighted by atomic mass is 10.1. The highest BCUT2D eigenvalue weighted by Crippen LogP contribution is 2.27. The van der Waals surface area contributed by atoms with Crippen LogP contribution in [0.5, 0.6) is 0 Å². The lowest BCUT2D eigenvalue weighted by Crippen LogP contribution is -2.40. The maximum Gasteiger partial charge on any atom is 0.191 e. The molecule has 0 aromatic heterocycles. The lowest BCUT2D eigenvalue weighted by molar-refractivity contribution is 0.106. The molecule has 2 N–H and O–H groups in total. The zero-order valence-corrected chi connectivity index (χ0v) is 14.8. The predicted octanol–water partition coefficient (Wildman–Crippen LogP) is 2.71. The van der Waals surface area contributed by atoms with E-state index in [1.807, 2.05) is 0 Å². The zero-order valence-electron chi connectivity index (χ0n) is 12.4. The molecule has 0 saturated heterocycles. The van der Waals surface area contributed by atoms with Crippen LogP contribution in [0.3, 0.4) is 0 Å². The van der Waals surface area contributed by atoms with Crippen molar-refractivity contribution >= 4 is 29.9 Å². The van der Waals surface area contributed by atoms with Crippen LogP contribution in [0.2, 0.25) is 0 Å². The molecule has 0 amide bonds. The van der Waals surface area contributed by atoms with Gasteiger partial charge < -0.3 is 15.4 Å². The number of guanidine groups is 1. The molecule has 1 fully saturated rings. The summed E-state index contributed by atoms with van der Waals surface area (Å²) in [5, 5.41) is 6.53. The van der Waals surface area contributed by atoms with Gasteiger partial charge in [-0.05, 0) is 36.5 Å². The van der Waals surface area contributed by atoms with E-state index in [1.165, 1.54) is 25.0 Å². The summed E-state index contributed by atoms with van der Waals surface area (Å²) in [5.74, 6) is 1.34. The molecule has 4 nitrogen and oxygen atoms in total. The minimum atomic E-state index is -0.238. The Morgan fingerprint density at radius 1 is 1.33 bits per heavy atom. The monoisotopic (exact) mass is 407 g/mol. The summed E-state index contributed by atoms with van der Waals surface area (Å²) in [6.45, 7) is 1.56. The van der Waals surface area contributed by atoms with Crippen molar-refractivity contribution in [3.05, 3.63) is 35.6 Å². The number of benzene rings is 1. The van der Waals surface area contributed by atoms with E-state index in [2.05, 4.69) is 15.6 Å². The summed E-state index contributed by atoms with van der Waals surface area (Å²) < 4.78 is 18.4. The second kappa shape index (κ2) is 9.19. The molecule has 1 aromatic carbocycles. The molecular formula is C15H23FIN3O. The minimum absolute atomic E-state index is 0. The number of methoxy groups -OCH3 is 1. The van der Waals surface area contributed by atoms with E-state index >= 15 is 0 Å². The van der Waals surface area contributed by atoms with Crippen molar-refractivity contribution in [2.45, 2.75) is 18.9 Å². The largest absolute Gasteiger partial charge is 0.375 e. The fourth-order valence-corrected chi connectivity index (χ4v) is 1.99. The van der Waals surface area contributed by atoms with Gasteiger partial charge in [-0.1, -0.05) is 12.1 Å². The van der Waals surface area contributed by atoms with E-state index in [0.717, 1.165) is 24.0 Å². The third-order valence-electron chi connectivity index (χ3n) is 3.46. The number of halogens is 2. The van der Waals surface area contributed by atoms with E-state index in [4.69, 9.17) is 4.74 Å². The molecule has 1 saturated carbocycles. The molecule has 1 aliphatic rings. The number of nitrogens with one attached hydrogen (secondary N) is 2. The summed E-state index contributed by atoms with van der Waals surface area (Å²) in [4.78, 5) is 4.18. The Hall–Kier alpha value is -0.890.